The van der Waals surface area contributed by atoms with E-state index >= 15 is 0 Å². The average molecular weight is 214 g/mol. The minimum absolute atomic E-state index is 0.102. The van der Waals surface area contributed by atoms with Gasteiger partial charge in [0.25, 0.3) is 0 Å². The van der Waals surface area contributed by atoms with E-state index < -0.39 is 0 Å². The highest BCUT2D eigenvalue weighted by molar-refractivity contribution is 5.84. The molecule has 0 spiro atoms. The van der Waals surface area contributed by atoms with Crippen LogP contribution in [0.4, 0.5) is 0 Å². The van der Waals surface area contributed by atoms with Crippen molar-refractivity contribution in [1.29, 1.82) is 0 Å². The maximum atomic E-state index is 6.02. The van der Waals surface area contributed by atoms with Crippen LogP contribution in [0, 0.1) is 0 Å². The highest BCUT2D eigenvalue weighted by Crippen LogP contribution is 2.20. The molecule has 0 aliphatic heterocycles. The van der Waals surface area contributed by atoms with Gasteiger partial charge in [-0.3, -0.25) is 4.98 Å². The number of pyridine rings is 1. The van der Waals surface area contributed by atoms with Gasteiger partial charge in [-0.15, -0.1) is 0 Å². The maximum Gasteiger partial charge on any atom is 0.0346 e. The number of aryl methyl sites for hydroxylation is 1. The Morgan fingerprint density at radius 1 is 1.25 bits per heavy atom. The fraction of sp³-hybridized carbons (Fsp3) is 0.357. The molecule has 16 heavy (non-hydrogen) atoms. The lowest BCUT2D eigenvalue weighted by molar-refractivity contribution is 0.477. The first-order chi connectivity index (χ1) is 7.56. The lowest BCUT2D eigenvalue weighted by Crippen LogP contribution is -2.32. The van der Waals surface area contributed by atoms with Crippen LogP contribution in [-0.2, 0) is 6.42 Å². The summed E-state index contributed by atoms with van der Waals surface area (Å²) in [6.07, 6.45) is 5.77. The van der Waals surface area contributed by atoms with Crippen LogP contribution >= 0.6 is 0 Å². The molecule has 2 heteroatoms. The van der Waals surface area contributed by atoms with Crippen LogP contribution in [-0.4, -0.2) is 10.5 Å². The van der Waals surface area contributed by atoms with Crippen molar-refractivity contribution in [3.8, 4) is 0 Å². The number of aromatic nitrogens is 1. The van der Waals surface area contributed by atoms with E-state index in [1.165, 1.54) is 16.3 Å². The van der Waals surface area contributed by atoms with E-state index in [0.717, 1.165) is 12.8 Å². The largest absolute Gasteiger partial charge is 0.326 e. The first-order valence-electron chi connectivity index (χ1n) is 5.67. The molecule has 2 nitrogen and oxygen atoms in total. The zero-order valence-electron chi connectivity index (χ0n) is 9.90. The molecule has 0 aliphatic carbocycles. The number of hydrogen-bond acceptors (Lipinski definition) is 2. The minimum Gasteiger partial charge on any atom is -0.326 e. The van der Waals surface area contributed by atoms with Crippen molar-refractivity contribution in [2.24, 2.45) is 5.73 Å². The van der Waals surface area contributed by atoms with Gasteiger partial charge in [-0.1, -0.05) is 18.2 Å². The second kappa shape index (κ2) is 4.22. The fourth-order valence-corrected chi connectivity index (χ4v) is 1.86. The summed E-state index contributed by atoms with van der Waals surface area (Å²) in [5, 5.41) is 2.50. The van der Waals surface area contributed by atoms with Crippen molar-refractivity contribution in [2.45, 2.75) is 32.2 Å². The number of fused-ring (bicyclic) bond motifs is 1. The van der Waals surface area contributed by atoms with Crippen molar-refractivity contribution in [2.75, 3.05) is 0 Å². The van der Waals surface area contributed by atoms with E-state index in [-0.39, 0.29) is 5.54 Å². The Hall–Kier alpha value is -1.41. The lowest BCUT2D eigenvalue weighted by Gasteiger charge is -2.18. The molecule has 0 saturated heterocycles. The van der Waals surface area contributed by atoms with Crippen molar-refractivity contribution < 1.29 is 0 Å². The third-order valence-corrected chi connectivity index (χ3v) is 2.81. The van der Waals surface area contributed by atoms with E-state index in [4.69, 9.17) is 5.73 Å². The van der Waals surface area contributed by atoms with Crippen molar-refractivity contribution in [3.05, 3.63) is 42.2 Å². The molecule has 0 fully saturated rings. The maximum absolute atomic E-state index is 6.02. The Labute approximate surface area is 96.5 Å². The quantitative estimate of drug-likeness (QED) is 0.853. The van der Waals surface area contributed by atoms with Gasteiger partial charge in [0, 0.05) is 23.3 Å². The molecule has 2 aromatic rings. The molecule has 2 rings (SSSR count). The van der Waals surface area contributed by atoms with Crippen LogP contribution in [0.5, 0.6) is 0 Å². The Morgan fingerprint density at radius 2 is 2.06 bits per heavy atom. The molecular weight excluding hydrogens is 196 g/mol. The summed E-state index contributed by atoms with van der Waals surface area (Å²) < 4.78 is 0. The summed E-state index contributed by atoms with van der Waals surface area (Å²) in [4.78, 5) is 4.14. The van der Waals surface area contributed by atoms with Crippen molar-refractivity contribution in [1.82, 2.24) is 4.98 Å². The minimum atomic E-state index is -0.102. The van der Waals surface area contributed by atoms with E-state index in [1.54, 1.807) is 0 Å². The Balaban J connectivity index is 2.30. The molecule has 1 aromatic heterocycles. The van der Waals surface area contributed by atoms with Gasteiger partial charge in [-0.2, -0.15) is 0 Å². The summed E-state index contributed by atoms with van der Waals surface area (Å²) in [5.41, 5.74) is 7.27. The first kappa shape index (κ1) is 11.1. The van der Waals surface area contributed by atoms with Gasteiger partial charge in [-0.25, -0.2) is 0 Å². The molecule has 1 aromatic carbocycles. The smallest absolute Gasteiger partial charge is 0.0346 e. The lowest BCUT2D eigenvalue weighted by atomic mass is 9.94. The van der Waals surface area contributed by atoms with Gasteiger partial charge >= 0.3 is 0 Å². The topological polar surface area (TPSA) is 38.9 Å². The summed E-state index contributed by atoms with van der Waals surface area (Å²) in [6.45, 7) is 4.14. The van der Waals surface area contributed by atoms with Crippen LogP contribution in [0.2, 0.25) is 0 Å². The van der Waals surface area contributed by atoms with Crippen LogP contribution in [0.3, 0.4) is 0 Å². The van der Waals surface area contributed by atoms with Gasteiger partial charge in [0.05, 0.1) is 0 Å². The molecule has 0 radical (unpaired) electrons. The molecule has 84 valence electrons. The number of rotatable bonds is 3. The van der Waals surface area contributed by atoms with Crippen molar-refractivity contribution >= 4 is 10.8 Å². The summed E-state index contributed by atoms with van der Waals surface area (Å²) in [6, 6.07) is 8.44. The molecule has 0 aliphatic rings. The van der Waals surface area contributed by atoms with E-state index in [9.17, 15) is 0 Å². The Bertz CT molecular complexity index is 478. The van der Waals surface area contributed by atoms with Crippen molar-refractivity contribution in [3.63, 3.8) is 0 Å². The van der Waals surface area contributed by atoms with Gasteiger partial charge < -0.3 is 5.73 Å². The fourth-order valence-electron chi connectivity index (χ4n) is 1.86. The predicted octanol–water partition coefficient (Wildman–Crippen LogP) is 2.90. The molecule has 0 amide bonds. The molecule has 0 unspecified atom stereocenters. The number of nitrogens with zero attached hydrogens (tertiary/aromatic N) is 1. The third kappa shape index (κ3) is 2.58. The summed E-state index contributed by atoms with van der Waals surface area (Å²) in [5.74, 6) is 0. The zero-order valence-corrected chi connectivity index (χ0v) is 9.90. The predicted molar refractivity (Wildman–Crippen MR) is 68.3 cm³/mol. The molecule has 0 bridgehead atoms. The molecular formula is C14H18N2. The highest BCUT2D eigenvalue weighted by Gasteiger charge is 2.11. The number of hydrogen-bond donors (Lipinski definition) is 1. The van der Waals surface area contributed by atoms with E-state index in [1.807, 2.05) is 12.4 Å². The summed E-state index contributed by atoms with van der Waals surface area (Å²) in [7, 11) is 0. The first-order valence-corrected chi connectivity index (χ1v) is 5.67. The molecule has 2 N–H and O–H groups in total. The van der Waals surface area contributed by atoms with Gasteiger partial charge in [0.2, 0.25) is 0 Å². The molecule has 0 atom stereocenters. The molecule has 1 heterocycles. The van der Waals surface area contributed by atoms with Crippen LogP contribution < -0.4 is 5.73 Å². The normalized spacial score (nSPS) is 11.9. The monoisotopic (exact) mass is 214 g/mol. The summed E-state index contributed by atoms with van der Waals surface area (Å²) >= 11 is 0. The third-order valence-electron chi connectivity index (χ3n) is 2.81. The SMILES string of the molecule is CC(C)(N)CCc1cccc2cnccc12. The van der Waals surface area contributed by atoms with Gasteiger partial charge in [0.1, 0.15) is 0 Å². The van der Waals surface area contributed by atoms with Gasteiger partial charge in [0.15, 0.2) is 0 Å². The van der Waals surface area contributed by atoms with E-state index in [0.29, 0.717) is 0 Å². The van der Waals surface area contributed by atoms with Crippen LogP contribution in [0.25, 0.3) is 10.8 Å². The second-order valence-electron chi connectivity index (χ2n) is 5.00. The standard InChI is InChI=1S/C14H18N2/c1-14(2,15)8-6-11-4-3-5-12-10-16-9-7-13(11)12/h3-5,7,9-10H,6,8,15H2,1-2H3. The Kier molecular flexibility index (Phi) is 2.92. The highest BCUT2D eigenvalue weighted by atomic mass is 14.7. The van der Waals surface area contributed by atoms with E-state index in [2.05, 4.69) is 43.1 Å². The average Bonchev–Trinajstić information content (AvgIpc) is 2.25. The second-order valence-corrected chi connectivity index (χ2v) is 5.00. The molecule has 0 saturated carbocycles. The number of nitrogens with two attached hydrogens (primary N) is 1. The Morgan fingerprint density at radius 3 is 2.81 bits per heavy atom. The van der Waals surface area contributed by atoms with Crippen LogP contribution in [0.1, 0.15) is 25.8 Å². The van der Waals surface area contributed by atoms with Gasteiger partial charge in [-0.05, 0) is 43.7 Å². The number of benzene rings is 1. The van der Waals surface area contributed by atoms with Crippen LogP contribution in [0.15, 0.2) is 36.7 Å². The zero-order chi connectivity index (χ0) is 11.6.